The molecule has 5 atom stereocenters. The molecule has 6 amide bonds. The number of carbonyl (C=O) groups excluding carboxylic acids is 6. The lowest BCUT2D eigenvalue weighted by atomic mass is 9.89. The third kappa shape index (κ3) is 11.5. The minimum absolute atomic E-state index is 0.0208. The number of anilines is 2. The first-order valence-electron chi connectivity index (χ1n) is 24.1. The van der Waals surface area contributed by atoms with Crippen LogP contribution < -0.4 is 32.0 Å². The first-order valence-corrected chi connectivity index (χ1v) is 24.4. The summed E-state index contributed by atoms with van der Waals surface area (Å²) in [4.78, 5) is 92.1. The van der Waals surface area contributed by atoms with Gasteiger partial charge in [0.1, 0.15) is 30.3 Å². The van der Waals surface area contributed by atoms with Crippen LogP contribution in [0.1, 0.15) is 95.2 Å². The topological polar surface area (TPSA) is 213 Å². The molecule has 3 aromatic rings. The Kier molecular flexibility index (Phi) is 15.6. The number of hydrogen-bond donors (Lipinski definition) is 5. The number of quaternary nitrogens is 1. The summed E-state index contributed by atoms with van der Waals surface area (Å²) in [7, 11) is 4.25. The number of nitrogens with two attached hydrogens (primary N) is 1. The van der Waals surface area contributed by atoms with Crippen LogP contribution >= 0.6 is 11.6 Å². The number of carbonyl (C=O) groups is 6. The molecule has 3 fully saturated rings. The van der Waals surface area contributed by atoms with E-state index in [1.165, 1.54) is 22.9 Å². The molecule has 1 spiro atoms. The van der Waals surface area contributed by atoms with Gasteiger partial charge in [-0.2, -0.15) is 0 Å². The molecule has 4 aliphatic rings. The molecular weight excluding hydrogens is 926 g/mol. The molecule has 2 aromatic carbocycles. The highest BCUT2D eigenvalue weighted by Gasteiger charge is 2.62. The number of rotatable bonds is 23. The van der Waals surface area contributed by atoms with Crippen LogP contribution in [0.25, 0.3) is 16.7 Å². The van der Waals surface area contributed by atoms with Crippen molar-refractivity contribution in [2.24, 2.45) is 23.0 Å². The van der Waals surface area contributed by atoms with Crippen LogP contribution in [0.5, 0.6) is 0 Å². The zero-order valence-electron chi connectivity index (χ0n) is 40.2. The second-order valence-corrected chi connectivity index (χ2v) is 20.8. The fourth-order valence-corrected chi connectivity index (χ4v) is 10.8. The third-order valence-electron chi connectivity index (χ3n) is 14.4. The van der Waals surface area contributed by atoms with E-state index in [4.69, 9.17) is 17.3 Å². The maximum atomic E-state index is 16.2. The van der Waals surface area contributed by atoms with E-state index >= 15 is 4.39 Å². The second kappa shape index (κ2) is 21.1. The van der Waals surface area contributed by atoms with Crippen molar-refractivity contribution in [2.45, 2.75) is 109 Å². The molecule has 19 heteroatoms. The molecule has 70 heavy (non-hydrogen) atoms. The number of imide groups is 1. The maximum Gasteiger partial charge on any atom is 0.312 e. The average Bonchev–Trinajstić information content (AvgIpc) is 4.16. The number of amides is 6. The van der Waals surface area contributed by atoms with Crippen molar-refractivity contribution in [3.63, 3.8) is 0 Å². The van der Waals surface area contributed by atoms with E-state index < -0.39 is 53.1 Å². The lowest BCUT2D eigenvalue weighted by Gasteiger charge is -2.39. The van der Waals surface area contributed by atoms with Crippen LogP contribution in [0.3, 0.4) is 0 Å². The predicted molar refractivity (Wildman–Crippen MR) is 263 cm³/mol. The first kappa shape index (κ1) is 51.7. The second-order valence-electron chi connectivity index (χ2n) is 20.4. The van der Waals surface area contributed by atoms with E-state index in [-0.39, 0.29) is 107 Å². The van der Waals surface area contributed by atoms with Gasteiger partial charge in [-0.1, -0.05) is 50.6 Å². The molecule has 1 saturated heterocycles. The maximum absolute atomic E-state index is 16.2. The normalized spacial score (nSPS) is 20.0. The summed E-state index contributed by atoms with van der Waals surface area (Å²) in [5.41, 5.74) is 6.24. The van der Waals surface area contributed by atoms with Gasteiger partial charge in [0, 0.05) is 79.8 Å². The highest BCUT2D eigenvalue weighted by atomic mass is 35.5. The van der Waals surface area contributed by atoms with Gasteiger partial charge in [-0.15, -0.1) is 0 Å². The number of nitrogens with zero attached hydrogens (tertiary/aromatic N) is 4. The number of alkyl halides is 1. The standard InChI is InChI=1S/C51H63ClF2N8O8/c1-29(2)45(58-41(65)11-7-6-8-21-60-42(66)16-17-43(60)67)39(64)22-32(10-9-20-56-50(55)70)49(69)57-33-14-12-31(13-15-33)27-62(4,5)40-26-59(28-51(40)18-19-51)47-37(54)23-34-46(44(47)52)61(38-24-36(38)53)25-35(30(3)63)48(34)68/h12-17,23,25,29,32,36,38,40,45H,3,6-11,18-22,24,26-28H2,1-2,4-5H3,(H5-,55,56,57,58,63,65,69,70)/p+1. The number of ketones is 1. The molecule has 3 heterocycles. The molecule has 16 nitrogen and oxygen atoms in total. The zero-order chi connectivity index (χ0) is 50.8. The van der Waals surface area contributed by atoms with Gasteiger partial charge in [-0.25, -0.2) is 13.6 Å². The number of aromatic nitrogens is 1. The van der Waals surface area contributed by atoms with E-state index in [0.717, 1.165) is 29.4 Å². The molecule has 2 aliphatic carbocycles. The number of hydrogen-bond acceptors (Lipinski definition) is 9. The van der Waals surface area contributed by atoms with Gasteiger partial charge in [-0.05, 0) is 62.6 Å². The number of pyridine rings is 1. The molecular formula is C51H64ClF2N8O8+. The fraction of sp³-hybridized carbons (Fsp3) is 0.510. The van der Waals surface area contributed by atoms with E-state index in [2.05, 4.69) is 36.6 Å². The molecule has 0 radical (unpaired) electrons. The number of urea groups is 1. The van der Waals surface area contributed by atoms with Gasteiger partial charge in [-0.3, -0.25) is 33.7 Å². The number of Topliss-reactive ketones (excluding diaryl/α,β-unsaturated/α-hetero) is 1. The van der Waals surface area contributed by atoms with Crippen LogP contribution in [0, 0.1) is 23.1 Å². The van der Waals surface area contributed by atoms with Gasteiger partial charge < -0.3 is 40.7 Å². The highest BCUT2D eigenvalue weighted by Crippen LogP contribution is 2.57. The van der Waals surface area contributed by atoms with Gasteiger partial charge in [0.2, 0.25) is 11.8 Å². The van der Waals surface area contributed by atoms with Crippen LogP contribution in [-0.2, 0) is 30.5 Å². The number of unbranched alkanes of at least 4 members (excludes halogenated alkanes) is 2. The quantitative estimate of drug-likeness (QED) is 0.0306. The van der Waals surface area contributed by atoms with Gasteiger partial charge in [0.15, 0.2) is 11.2 Å². The number of halogens is 3. The van der Waals surface area contributed by atoms with Gasteiger partial charge in [0.25, 0.3) is 11.8 Å². The molecule has 7 rings (SSSR count). The van der Waals surface area contributed by atoms with E-state index in [0.29, 0.717) is 55.5 Å². The largest absolute Gasteiger partial charge is 0.508 e. The van der Waals surface area contributed by atoms with Crippen molar-refractivity contribution in [2.75, 3.05) is 50.5 Å². The van der Waals surface area contributed by atoms with Gasteiger partial charge >= 0.3 is 6.03 Å². The van der Waals surface area contributed by atoms with Crippen LogP contribution in [-0.4, -0.2) is 113 Å². The Labute approximate surface area is 410 Å². The minimum Gasteiger partial charge on any atom is -0.508 e. The summed E-state index contributed by atoms with van der Waals surface area (Å²) in [6.45, 7) is 9.17. The number of nitrogens with one attached hydrogen (secondary N) is 3. The van der Waals surface area contributed by atoms with Crippen LogP contribution in [0.4, 0.5) is 25.0 Å². The van der Waals surface area contributed by atoms with Crippen molar-refractivity contribution in [1.82, 2.24) is 20.1 Å². The number of fused-ring (bicyclic) bond motifs is 1. The fourth-order valence-electron chi connectivity index (χ4n) is 10.4. The first-order chi connectivity index (χ1) is 33.1. The molecule has 5 unspecified atom stereocenters. The smallest absolute Gasteiger partial charge is 0.312 e. The van der Waals surface area contributed by atoms with E-state index in [9.17, 15) is 43.1 Å². The number of benzene rings is 2. The number of likely N-dealkylation sites (N-methyl/N-ethyl adjacent to an activating group) is 1. The highest BCUT2D eigenvalue weighted by molar-refractivity contribution is 6.38. The zero-order valence-corrected chi connectivity index (χ0v) is 41.0. The Morgan fingerprint density at radius 1 is 1.03 bits per heavy atom. The molecule has 2 aliphatic heterocycles. The van der Waals surface area contributed by atoms with Crippen molar-refractivity contribution in [3.05, 3.63) is 87.4 Å². The van der Waals surface area contributed by atoms with Crippen molar-refractivity contribution >= 4 is 75.1 Å². The summed E-state index contributed by atoms with van der Waals surface area (Å²) in [6, 6.07) is 6.48. The molecule has 376 valence electrons. The monoisotopic (exact) mass is 989 g/mol. The van der Waals surface area contributed by atoms with E-state index in [1.807, 2.05) is 30.9 Å². The van der Waals surface area contributed by atoms with Crippen LogP contribution in [0.2, 0.25) is 5.02 Å². The average molecular weight is 991 g/mol. The Morgan fingerprint density at radius 2 is 1.70 bits per heavy atom. The Hall–Kier alpha value is -6.14. The molecule has 0 bridgehead atoms. The van der Waals surface area contributed by atoms with Crippen molar-refractivity contribution in [1.29, 1.82) is 0 Å². The van der Waals surface area contributed by atoms with Crippen molar-refractivity contribution < 1.29 is 47.1 Å². The molecule has 6 N–H and O–H groups in total. The van der Waals surface area contributed by atoms with Crippen molar-refractivity contribution in [3.8, 4) is 0 Å². The number of aliphatic hydroxyl groups is 1. The Balaban J connectivity index is 0.983. The molecule has 1 aromatic heterocycles. The Bertz CT molecular complexity index is 2650. The summed E-state index contributed by atoms with van der Waals surface area (Å²) in [5.74, 6) is -3.95. The third-order valence-corrected chi connectivity index (χ3v) is 14.7. The number of primary amides is 1. The predicted octanol–water partition coefficient (Wildman–Crippen LogP) is 6.44. The lowest BCUT2D eigenvalue weighted by Crippen LogP contribution is -2.53. The number of aliphatic hydroxyl groups excluding tert-OH is 1. The summed E-state index contributed by atoms with van der Waals surface area (Å²) < 4.78 is 32.8. The lowest BCUT2D eigenvalue weighted by molar-refractivity contribution is -0.930. The van der Waals surface area contributed by atoms with E-state index in [1.54, 1.807) is 12.1 Å². The minimum atomic E-state index is -1.17. The van der Waals surface area contributed by atoms with Crippen LogP contribution in [0.15, 0.2) is 60.1 Å². The van der Waals surface area contributed by atoms with Gasteiger partial charge in [0.05, 0.1) is 59.9 Å². The summed E-state index contributed by atoms with van der Waals surface area (Å²) in [6.07, 6.45) is 6.96. The SMILES string of the molecule is C=C(O)c1cn(C2CC2F)c2c(Cl)c(N3CC([N+](C)(C)Cc4ccc(NC(=O)C(CCCNC(N)=O)CC(=O)C(NC(=O)CCCCCN5C(=O)C=CC5=O)C(C)C)cc4)C4(CC4)C3)c(F)cc2c1=O. The Morgan fingerprint density at radius 3 is 2.30 bits per heavy atom. The summed E-state index contributed by atoms with van der Waals surface area (Å²) >= 11 is 7.04. The molecule has 2 saturated carbocycles. The summed E-state index contributed by atoms with van der Waals surface area (Å²) in [5, 5.41) is 18.4.